The first-order valence-electron chi connectivity index (χ1n) is 5.86. The van der Waals surface area contributed by atoms with E-state index in [2.05, 4.69) is 30.7 Å². The van der Waals surface area contributed by atoms with Crippen molar-refractivity contribution < 1.29 is 29.0 Å². The first-order valence-corrected chi connectivity index (χ1v) is 5.86. The van der Waals surface area contributed by atoms with Gasteiger partial charge in [-0.05, 0) is 17.7 Å². The third kappa shape index (κ3) is 6.56. The average molecular weight is 395 g/mol. The van der Waals surface area contributed by atoms with Crippen molar-refractivity contribution in [2.45, 2.75) is 0 Å². The minimum Gasteiger partial charge on any atom is -1.00 e. The molecular formula is C13H14IN7. The first-order chi connectivity index (χ1) is 9.84. The highest BCUT2D eigenvalue weighted by molar-refractivity contribution is 5.84. The molecule has 0 bridgehead atoms. The number of hydrogen-bond acceptors (Lipinski definition) is 4. The van der Waals surface area contributed by atoms with E-state index in [1.54, 1.807) is 37.2 Å². The first kappa shape index (κ1) is 16.7. The van der Waals surface area contributed by atoms with Gasteiger partial charge in [-0.25, -0.2) is 10.4 Å². The zero-order valence-electron chi connectivity index (χ0n) is 11.0. The van der Waals surface area contributed by atoms with Gasteiger partial charge in [-0.1, -0.05) is 0 Å². The van der Waals surface area contributed by atoms with E-state index >= 15 is 0 Å². The molecule has 2 aromatic heterocycles. The number of guanidine groups is 1. The largest absolute Gasteiger partial charge is 1.00 e. The Morgan fingerprint density at radius 1 is 1.10 bits per heavy atom. The van der Waals surface area contributed by atoms with Crippen LogP contribution >= 0.6 is 0 Å². The Labute approximate surface area is 139 Å². The summed E-state index contributed by atoms with van der Waals surface area (Å²) in [4.78, 5) is 6.82. The second-order valence-corrected chi connectivity index (χ2v) is 3.71. The lowest BCUT2D eigenvalue weighted by atomic mass is 10.3. The minimum atomic E-state index is 0. The highest BCUT2D eigenvalue weighted by atomic mass is 127. The Bertz CT molecular complexity index is 611. The molecule has 2 rings (SSSR count). The standard InChI is InChI=1S/C13H13N7.HI/c14-13(19-17-9-11-1-5-15-6-2-11)20-18-10-12-3-7-16-8-4-12;/h1-10H,(H3,14,19,20);1H/b17-9+,18-10+;. The molecule has 0 aliphatic heterocycles. The predicted molar refractivity (Wildman–Crippen MR) is 77.2 cm³/mol. The molecule has 108 valence electrons. The lowest BCUT2D eigenvalue weighted by Crippen LogP contribution is -3.00. The summed E-state index contributed by atoms with van der Waals surface area (Å²) in [5.41, 5.74) is 9.99. The van der Waals surface area contributed by atoms with Crippen LogP contribution in [-0.4, -0.2) is 23.4 Å². The summed E-state index contributed by atoms with van der Waals surface area (Å²) in [6.07, 6.45) is 10.2. The molecule has 7 nitrogen and oxygen atoms in total. The van der Waals surface area contributed by atoms with E-state index in [1.165, 1.54) is 0 Å². The number of hydrazone groups is 1. The van der Waals surface area contributed by atoms with Crippen LogP contribution in [-0.2, 0) is 0 Å². The van der Waals surface area contributed by atoms with Crippen molar-refractivity contribution >= 4 is 18.4 Å². The molecule has 21 heavy (non-hydrogen) atoms. The molecule has 4 N–H and O–H groups in total. The van der Waals surface area contributed by atoms with Crippen LogP contribution in [0.5, 0.6) is 0 Å². The third-order valence-corrected chi connectivity index (χ3v) is 2.22. The van der Waals surface area contributed by atoms with Crippen molar-refractivity contribution in [1.82, 2.24) is 10.4 Å². The number of nitrogens with zero attached hydrogens (tertiary/aromatic N) is 4. The molecule has 2 heterocycles. The van der Waals surface area contributed by atoms with Crippen LogP contribution in [0, 0.1) is 0 Å². The van der Waals surface area contributed by atoms with Crippen LogP contribution in [0.3, 0.4) is 0 Å². The summed E-state index contributed by atoms with van der Waals surface area (Å²) < 4.78 is 0. The van der Waals surface area contributed by atoms with Crippen LogP contribution in [0.15, 0.2) is 64.4 Å². The highest BCUT2D eigenvalue weighted by Crippen LogP contribution is 1.90. The van der Waals surface area contributed by atoms with Gasteiger partial charge in [0.2, 0.25) is 5.96 Å². The molecule has 0 radical (unpaired) electrons. The van der Waals surface area contributed by atoms with E-state index in [0.29, 0.717) is 0 Å². The number of nitrogens with two attached hydrogens (primary N) is 1. The van der Waals surface area contributed by atoms with Crippen molar-refractivity contribution in [3.63, 3.8) is 0 Å². The molecule has 8 heteroatoms. The van der Waals surface area contributed by atoms with Gasteiger partial charge in [0.05, 0.1) is 12.4 Å². The second kappa shape index (κ2) is 9.53. The number of hydrogen-bond donors (Lipinski definition) is 2. The fourth-order valence-electron chi connectivity index (χ4n) is 1.29. The maximum Gasteiger partial charge on any atom is 0.234 e. The van der Waals surface area contributed by atoms with Gasteiger partial charge in [-0.2, -0.15) is 10.2 Å². The molecule has 0 unspecified atom stereocenters. The Morgan fingerprint density at radius 2 is 1.76 bits per heavy atom. The molecule has 0 saturated heterocycles. The van der Waals surface area contributed by atoms with Crippen LogP contribution in [0.4, 0.5) is 0 Å². The monoisotopic (exact) mass is 395 g/mol. The highest BCUT2D eigenvalue weighted by Gasteiger charge is 1.89. The van der Waals surface area contributed by atoms with Crippen LogP contribution in [0.1, 0.15) is 11.1 Å². The molecular weight excluding hydrogens is 381 g/mol. The third-order valence-electron chi connectivity index (χ3n) is 2.22. The van der Waals surface area contributed by atoms with Crippen molar-refractivity contribution in [2.75, 3.05) is 0 Å². The Kier molecular flexibility index (Phi) is 7.58. The Hall–Kier alpha value is -2.36. The van der Waals surface area contributed by atoms with Crippen LogP contribution in [0.25, 0.3) is 0 Å². The zero-order chi connectivity index (χ0) is 14.0. The van der Waals surface area contributed by atoms with Crippen molar-refractivity contribution in [1.29, 1.82) is 0 Å². The number of nitrogens with one attached hydrogen (secondary N) is 2. The number of aromatic nitrogens is 2. The van der Waals surface area contributed by atoms with Crippen molar-refractivity contribution in [2.24, 2.45) is 21.0 Å². The van der Waals surface area contributed by atoms with Gasteiger partial charge in [0.1, 0.15) is 0 Å². The van der Waals surface area contributed by atoms with Gasteiger partial charge >= 0.3 is 0 Å². The maximum absolute atomic E-state index is 5.59. The number of aromatic amines is 1. The van der Waals surface area contributed by atoms with E-state index in [-0.39, 0.29) is 29.9 Å². The SMILES string of the molecule is N/C(=N\N=C\c1cc[nH+]cc1)N/N=C/c1ccncc1.[I-]. The topological polar surface area (TPSA) is 102 Å². The molecule has 0 atom stereocenters. The summed E-state index contributed by atoms with van der Waals surface area (Å²) in [6.45, 7) is 0. The van der Waals surface area contributed by atoms with E-state index in [4.69, 9.17) is 5.73 Å². The molecule has 0 fully saturated rings. The van der Waals surface area contributed by atoms with Gasteiger partial charge in [0.25, 0.3) is 0 Å². The Morgan fingerprint density at radius 3 is 2.48 bits per heavy atom. The summed E-state index contributed by atoms with van der Waals surface area (Å²) in [5, 5.41) is 11.5. The van der Waals surface area contributed by atoms with E-state index in [1.807, 2.05) is 24.3 Å². The molecule has 0 spiro atoms. The summed E-state index contributed by atoms with van der Waals surface area (Å²) in [7, 11) is 0. The lowest BCUT2D eigenvalue weighted by Gasteiger charge is -1.95. The zero-order valence-corrected chi connectivity index (χ0v) is 13.2. The number of H-pyrrole nitrogens is 1. The quantitative estimate of drug-likeness (QED) is 0.253. The molecule has 0 aromatic carbocycles. The van der Waals surface area contributed by atoms with E-state index in [9.17, 15) is 0 Å². The molecule has 0 saturated carbocycles. The molecule has 0 aliphatic carbocycles. The van der Waals surface area contributed by atoms with Crippen LogP contribution in [0.2, 0.25) is 0 Å². The normalized spacial score (nSPS) is 11.5. The molecule has 2 aromatic rings. The van der Waals surface area contributed by atoms with Gasteiger partial charge in [-0.15, -0.1) is 5.10 Å². The second-order valence-electron chi connectivity index (χ2n) is 3.71. The number of rotatable bonds is 4. The maximum atomic E-state index is 5.59. The van der Waals surface area contributed by atoms with Gasteiger partial charge in [-0.3, -0.25) is 4.98 Å². The van der Waals surface area contributed by atoms with Gasteiger partial charge in [0.15, 0.2) is 12.4 Å². The molecule has 0 aliphatic rings. The summed E-state index contributed by atoms with van der Waals surface area (Å²) >= 11 is 0. The Balaban J connectivity index is 0.00000220. The van der Waals surface area contributed by atoms with Crippen molar-refractivity contribution in [3.05, 3.63) is 60.2 Å². The smallest absolute Gasteiger partial charge is 0.234 e. The lowest BCUT2D eigenvalue weighted by molar-refractivity contribution is -0.378. The number of halogens is 1. The van der Waals surface area contributed by atoms with E-state index < -0.39 is 0 Å². The molecule has 0 amide bonds. The van der Waals surface area contributed by atoms with Gasteiger partial charge in [0, 0.05) is 30.1 Å². The van der Waals surface area contributed by atoms with Crippen molar-refractivity contribution in [3.8, 4) is 0 Å². The summed E-state index contributed by atoms with van der Waals surface area (Å²) in [6, 6.07) is 7.38. The predicted octanol–water partition coefficient (Wildman–Crippen LogP) is -2.83. The van der Waals surface area contributed by atoms with Gasteiger partial charge < -0.3 is 29.7 Å². The van der Waals surface area contributed by atoms with Crippen LogP contribution < -0.4 is 40.1 Å². The number of pyridine rings is 2. The summed E-state index contributed by atoms with van der Waals surface area (Å²) in [5.74, 6) is 0.106. The van der Waals surface area contributed by atoms with E-state index in [0.717, 1.165) is 11.1 Å². The minimum absolute atomic E-state index is 0. The fourth-order valence-corrected chi connectivity index (χ4v) is 1.29. The fraction of sp³-hybridized carbons (Fsp3) is 0. The average Bonchev–Trinajstić information content (AvgIpc) is 2.49.